The SMILES string of the molecule is CNCCC#Cc1ccc(F)cc1OC. The topological polar surface area (TPSA) is 21.3 Å². The molecular formula is C12H14FNO. The van der Waals surface area contributed by atoms with E-state index < -0.39 is 0 Å². The smallest absolute Gasteiger partial charge is 0.137 e. The standard InChI is InChI=1S/C12H14FNO/c1-14-8-4-3-5-10-6-7-11(13)9-12(10)15-2/h6-7,9,14H,4,8H2,1-2H3. The lowest BCUT2D eigenvalue weighted by atomic mass is 10.2. The maximum atomic E-state index is 12.8. The number of nitrogens with one attached hydrogen (secondary N) is 1. The number of halogens is 1. The zero-order valence-electron chi connectivity index (χ0n) is 8.93. The minimum Gasteiger partial charge on any atom is -0.495 e. The molecule has 0 fully saturated rings. The maximum absolute atomic E-state index is 12.8. The van der Waals surface area contributed by atoms with Gasteiger partial charge in [0.05, 0.1) is 12.7 Å². The van der Waals surface area contributed by atoms with Crippen molar-refractivity contribution in [2.45, 2.75) is 6.42 Å². The molecule has 2 nitrogen and oxygen atoms in total. The molecule has 0 saturated carbocycles. The van der Waals surface area contributed by atoms with Crippen LogP contribution in [0.4, 0.5) is 4.39 Å². The van der Waals surface area contributed by atoms with Gasteiger partial charge in [-0.2, -0.15) is 0 Å². The summed E-state index contributed by atoms with van der Waals surface area (Å²) in [6, 6.07) is 4.34. The third-order valence-corrected chi connectivity index (χ3v) is 1.89. The molecule has 0 unspecified atom stereocenters. The van der Waals surface area contributed by atoms with Crippen LogP contribution >= 0.6 is 0 Å². The van der Waals surface area contributed by atoms with Crippen LogP contribution < -0.4 is 10.1 Å². The van der Waals surface area contributed by atoms with Gasteiger partial charge in [0, 0.05) is 19.0 Å². The lowest BCUT2D eigenvalue weighted by molar-refractivity contribution is 0.410. The van der Waals surface area contributed by atoms with Gasteiger partial charge in [0.15, 0.2) is 0 Å². The molecule has 3 heteroatoms. The number of rotatable bonds is 3. The van der Waals surface area contributed by atoms with Crippen LogP contribution in [0.1, 0.15) is 12.0 Å². The van der Waals surface area contributed by atoms with Gasteiger partial charge in [-0.25, -0.2) is 4.39 Å². The number of methoxy groups -OCH3 is 1. The largest absolute Gasteiger partial charge is 0.495 e. The molecule has 80 valence electrons. The highest BCUT2D eigenvalue weighted by atomic mass is 19.1. The summed E-state index contributed by atoms with van der Waals surface area (Å²) in [5, 5.41) is 3.00. The van der Waals surface area contributed by atoms with Gasteiger partial charge in [0.2, 0.25) is 0 Å². The third kappa shape index (κ3) is 3.61. The average molecular weight is 207 g/mol. The van der Waals surface area contributed by atoms with Crippen LogP contribution in [-0.2, 0) is 0 Å². The highest BCUT2D eigenvalue weighted by Crippen LogP contribution is 2.18. The molecule has 0 aliphatic carbocycles. The Balaban J connectivity index is 2.78. The van der Waals surface area contributed by atoms with E-state index in [1.54, 1.807) is 6.07 Å². The van der Waals surface area contributed by atoms with E-state index in [-0.39, 0.29) is 5.82 Å². The zero-order valence-corrected chi connectivity index (χ0v) is 8.93. The van der Waals surface area contributed by atoms with E-state index in [1.807, 2.05) is 7.05 Å². The fraction of sp³-hybridized carbons (Fsp3) is 0.333. The summed E-state index contributed by atoms with van der Waals surface area (Å²) < 4.78 is 17.9. The lowest BCUT2D eigenvalue weighted by Crippen LogP contribution is -2.05. The van der Waals surface area contributed by atoms with Crippen LogP contribution in [0, 0.1) is 17.7 Å². The molecule has 0 saturated heterocycles. The molecule has 0 aromatic heterocycles. The highest BCUT2D eigenvalue weighted by molar-refractivity contribution is 5.46. The average Bonchev–Trinajstić information content (AvgIpc) is 2.26. The van der Waals surface area contributed by atoms with Crippen molar-refractivity contribution in [3.8, 4) is 17.6 Å². The summed E-state index contributed by atoms with van der Waals surface area (Å²) in [6.45, 7) is 0.844. The maximum Gasteiger partial charge on any atom is 0.137 e. The van der Waals surface area contributed by atoms with Crippen LogP contribution in [-0.4, -0.2) is 20.7 Å². The van der Waals surface area contributed by atoms with Crippen molar-refractivity contribution in [1.29, 1.82) is 0 Å². The Morgan fingerprint density at radius 1 is 1.47 bits per heavy atom. The Morgan fingerprint density at radius 3 is 2.93 bits per heavy atom. The Hall–Kier alpha value is -1.53. The van der Waals surface area contributed by atoms with Crippen LogP contribution in [0.2, 0.25) is 0 Å². The fourth-order valence-electron chi connectivity index (χ4n) is 1.11. The van der Waals surface area contributed by atoms with Crippen molar-refractivity contribution in [1.82, 2.24) is 5.32 Å². The van der Waals surface area contributed by atoms with Crippen LogP contribution in [0.3, 0.4) is 0 Å². The van der Waals surface area contributed by atoms with Gasteiger partial charge in [-0.15, -0.1) is 0 Å². The first-order valence-corrected chi connectivity index (χ1v) is 4.75. The van der Waals surface area contributed by atoms with Gasteiger partial charge >= 0.3 is 0 Å². The van der Waals surface area contributed by atoms with E-state index in [9.17, 15) is 4.39 Å². The van der Waals surface area contributed by atoms with Crippen molar-refractivity contribution in [3.63, 3.8) is 0 Å². The van der Waals surface area contributed by atoms with Gasteiger partial charge in [-0.3, -0.25) is 0 Å². The summed E-state index contributed by atoms with van der Waals surface area (Å²) in [6.07, 6.45) is 0.761. The Kier molecular flexibility index (Phi) is 4.65. The Morgan fingerprint density at radius 2 is 2.27 bits per heavy atom. The van der Waals surface area contributed by atoms with E-state index in [4.69, 9.17) is 4.74 Å². The first-order chi connectivity index (χ1) is 7.27. The van der Waals surface area contributed by atoms with Crippen LogP contribution in [0.15, 0.2) is 18.2 Å². The summed E-state index contributed by atoms with van der Waals surface area (Å²) in [5.41, 5.74) is 0.718. The van der Waals surface area contributed by atoms with Crippen molar-refractivity contribution >= 4 is 0 Å². The molecule has 15 heavy (non-hydrogen) atoms. The Labute approximate surface area is 89.4 Å². The number of ether oxygens (including phenoxy) is 1. The fourth-order valence-corrected chi connectivity index (χ4v) is 1.11. The summed E-state index contributed by atoms with van der Waals surface area (Å²) >= 11 is 0. The predicted octanol–water partition coefficient (Wildman–Crippen LogP) is 1.80. The summed E-state index contributed by atoms with van der Waals surface area (Å²) in [4.78, 5) is 0. The molecule has 0 bridgehead atoms. The summed E-state index contributed by atoms with van der Waals surface area (Å²) in [7, 11) is 3.38. The molecule has 0 amide bonds. The number of hydrogen-bond acceptors (Lipinski definition) is 2. The molecule has 0 heterocycles. The molecule has 0 radical (unpaired) electrons. The Bertz CT molecular complexity index is 379. The molecule has 0 atom stereocenters. The predicted molar refractivity (Wildman–Crippen MR) is 58.4 cm³/mol. The minimum absolute atomic E-state index is 0.312. The van der Waals surface area contributed by atoms with Gasteiger partial charge in [0.1, 0.15) is 11.6 Å². The van der Waals surface area contributed by atoms with Gasteiger partial charge < -0.3 is 10.1 Å². The lowest BCUT2D eigenvalue weighted by Gasteiger charge is -2.02. The van der Waals surface area contributed by atoms with Crippen molar-refractivity contribution in [2.75, 3.05) is 20.7 Å². The second-order valence-corrected chi connectivity index (χ2v) is 3.00. The van der Waals surface area contributed by atoms with E-state index >= 15 is 0 Å². The van der Waals surface area contributed by atoms with E-state index in [0.717, 1.165) is 18.5 Å². The molecular weight excluding hydrogens is 193 g/mol. The van der Waals surface area contributed by atoms with Crippen molar-refractivity contribution in [3.05, 3.63) is 29.6 Å². The van der Waals surface area contributed by atoms with Crippen LogP contribution in [0.5, 0.6) is 5.75 Å². The van der Waals surface area contributed by atoms with Crippen molar-refractivity contribution in [2.24, 2.45) is 0 Å². The summed E-state index contributed by atoms with van der Waals surface area (Å²) in [5.74, 6) is 6.09. The minimum atomic E-state index is -0.312. The van der Waals surface area contributed by atoms with Gasteiger partial charge in [-0.1, -0.05) is 11.8 Å². The second kappa shape index (κ2) is 6.05. The van der Waals surface area contributed by atoms with Gasteiger partial charge in [-0.05, 0) is 19.2 Å². The molecule has 1 rings (SSSR count). The number of benzene rings is 1. The van der Waals surface area contributed by atoms with E-state index in [1.165, 1.54) is 19.2 Å². The van der Waals surface area contributed by atoms with E-state index in [2.05, 4.69) is 17.2 Å². The molecule has 1 aromatic carbocycles. The molecule has 0 aliphatic rings. The monoisotopic (exact) mass is 207 g/mol. The molecule has 1 aromatic rings. The first kappa shape index (κ1) is 11.5. The van der Waals surface area contributed by atoms with E-state index in [0.29, 0.717) is 5.75 Å². The highest BCUT2D eigenvalue weighted by Gasteiger charge is 2.00. The van der Waals surface area contributed by atoms with Crippen LogP contribution in [0.25, 0.3) is 0 Å². The quantitative estimate of drug-likeness (QED) is 0.602. The van der Waals surface area contributed by atoms with Crippen molar-refractivity contribution < 1.29 is 9.13 Å². The second-order valence-electron chi connectivity index (χ2n) is 3.00. The first-order valence-electron chi connectivity index (χ1n) is 4.75. The normalized spacial score (nSPS) is 9.27. The molecule has 0 aliphatic heterocycles. The van der Waals surface area contributed by atoms with Gasteiger partial charge in [0.25, 0.3) is 0 Å². The zero-order chi connectivity index (χ0) is 11.1. The number of hydrogen-bond donors (Lipinski definition) is 1. The third-order valence-electron chi connectivity index (χ3n) is 1.89. The molecule has 0 spiro atoms. The molecule has 1 N–H and O–H groups in total.